The third-order valence-corrected chi connectivity index (χ3v) is 3.08. The Morgan fingerprint density at radius 3 is 2.50 bits per heavy atom. The van der Waals surface area contributed by atoms with Gasteiger partial charge in [-0.15, -0.1) is 0 Å². The fourth-order valence-electron chi connectivity index (χ4n) is 2.02. The molecular weight excluding hydrogens is 228 g/mol. The number of fused-ring (bicyclic) bond motifs is 1. The number of nitrogens with two attached hydrogens (primary N) is 1. The fourth-order valence-corrected chi connectivity index (χ4v) is 2.02. The lowest BCUT2D eigenvalue weighted by atomic mass is 9.92. The highest BCUT2D eigenvalue weighted by Gasteiger charge is 2.19. The van der Waals surface area contributed by atoms with Crippen LogP contribution in [0.5, 0.6) is 0 Å². The lowest BCUT2D eigenvalue weighted by molar-refractivity contribution is -0.0759. The number of aromatic amines is 1. The van der Waals surface area contributed by atoms with E-state index in [9.17, 15) is 5.11 Å². The Morgan fingerprint density at radius 1 is 1.28 bits per heavy atom. The third-order valence-electron chi connectivity index (χ3n) is 3.08. The molecule has 1 unspecified atom stereocenters. The lowest BCUT2D eigenvalue weighted by Gasteiger charge is -2.16. The molecule has 1 atom stereocenters. The minimum Gasteiger partial charge on any atom is -0.399 e. The van der Waals surface area contributed by atoms with E-state index >= 15 is 0 Å². The van der Waals surface area contributed by atoms with Crippen LogP contribution < -0.4 is 5.73 Å². The molecule has 4 heteroatoms. The van der Waals surface area contributed by atoms with Crippen LogP contribution in [-0.4, -0.2) is 17.2 Å². The van der Waals surface area contributed by atoms with Gasteiger partial charge >= 0.3 is 0 Å². The maximum absolute atomic E-state index is 9.87. The molecule has 0 amide bonds. The molecule has 4 nitrogen and oxygen atoms in total. The molecule has 2 aromatic rings. The number of nitrogen functional groups attached to an aromatic ring is 1. The molecule has 0 aliphatic carbocycles. The predicted molar refractivity (Wildman–Crippen MR) is 73.4 cm³/mol. The first kappa shape index (κ1) is 12.9. The Labute approximate surface area is 107 Å². The Hall–Kier alpha value is -1.52. The fraction of sp³-hybridized carbons (Fsp3) is 0.429. The number of H-pyrrole nitrogens is 1. The zero-order valence-corrected chi connectivity index (χ0v) is 11.2. The van der Waals surface area contributed by atoms with Gasteiger partial charge in [0.25, 0.3) is 0 Å². The summed E-state index contributed by atoms with van der Waals surface area (Å²) in [6, 6.07) is 5.70. The van der Waals surface area contributed by atoms with Gasteiger partial charge in [-0.25, -0.2) is 0 Å². The van der Waals surface area contributed by atoms with Gasteiger partial charge in [0.15, 0.2) is 6.29 Å². The highest BCUT2D eigenvalue weighted by atomic mass is 16.6. The van der Waals surface area contributed by atoms with Crippen molar-refractivity contribution in [1.82, 2.24) is 4.98 Å². The first-order valence-electron chi connectivity index (χ1n) is 5.96. The minimum absolute atomic E-state index is 0.0169. The monoisotopic (exact) mass is 248 g/mol. The summed E-state index contributed by atoms with van der Waals surface area (Å²) in [5.74, 6) is 0. The molecule has 0 saturated heterocycles. The van der Waals surface area contributed by atoms with E-state index in [1.807, 2.05) is 6.07 Å². The lowest BCUT2D eigenvalue weighted by Crippen LogP contribution is -2.11. The van der Waals surface area contributed by atoms with Crippen LogP contribution in [0.2, 0.25) is 0 Å². The van der Waals surface area contributed by atoms with Gasteiger partial charge in [-0.2, -0.15) is 0 Å². The van der Waals surface area contributed by atoms with Gasteiger partial charge in [0.1, 0.15) is 0 Å². The highest BCUT2D eigenvalue weighted by molar-refractivity contribution is 5.87. The standard InChI is InChI=1S/C14H20N2O2/c1-14(2,3)11-6-8-5-9(15)7-10(12(8)16-11)13(17)18-4/h5-7,13,16-17H,15H2,1-4H3. The topological polar surface area (TPSA) is 71.3 Å². The van der Waals surface area contributed by atoms with Gasteiger partial charge in [-0.05, 0) is 18.2 Å². The molecule has 2 rings (SSSR count). The van der Waals surface area contributed by atoms with Crippen LogP contribution >= 0.6 is 0 Å². The van der Waals surface area contributed by atoms with Crippen molar-refractivity contribution in [3.05, 3.63) is 29.5 Å². The SMILES string of the molecule is COC(O)c1cc(N)cc2cc(C(C)(C)C)[nH]c12. The van der Waals surface area contributed by atoms with Crippen LogP contribution in [-0.2, 0) is 10.2 Å². The van der Waals surface area contributed by atoms with Crippen molar-refractivity contribution in [3.8, 4) is 0 Å². The van der Waals surface area contributed by atoms with Gasteiger partial charge < -0.3 is 20.6 Å². The number of aromatic nitrogens is 1. The summed E-state index contributed by atoms with van der Waals surface area (Å²) in [5, 5.41) is 10.9. The average molecular weight is 248 g/mol. The van der Waals surface area contributed by atoms with Crippen LogP contribution in [0.4, 0.5) is 5.69 Å². The van der Waals surface area contributed by atoms with Crippen molar-refractivity contribution in [2.75, 3.05) is 12.8 Å². The van der Waals surface area contributed by atoms with E-state index < -0.39 is 6.29 Å². The first-order chi connectivity index (χ1) is 8.32. The predicted octanol–water partition coefficient (Wildman–Crippen LogP) is 2.68. The van der Waals surface area contributed by atoms with E-state index in [-0.39, 0.29) is 5.41 Å². The summed E-state index contributed by atoms with van der Waals surface area (Å²) in [6.45, 7) is 6.40. The van der Waals surface area contributed by atoms with Gasteiger partial charge in [-0.3, -0.25) is 0 Å². The van der Waals surface area contributed by atoms with Gasteiger partial charge in [0, 0.05) is 34.9 Å². The second-order valence-electron chi connectivity index (χ2n) is 5.60. The van der Waals surface area contributed by atoms with E-state index in [0.717, 1.165) is 16.6 Å². The van der Waals surface area contributed by atoms with E-state index in [4.69, 9.17) is 10.5 Å². The molecule has 4 N–H and O–H groups in total. The van der Waals surface area contributed by atoms with E-state index in [0.29, 0.717) is 11.3 Å². The Morgan fingerprint density at radius 2 is 1.94 bits per heavy atom. The molecule has 0 radical (unpaired) electrons. The second-order valence-corrected chi connectivity index (χ2v) is 5.60. The molecule has 0 aliphatic rings. The van der Waals surface area contributed by atoms with E-state index in [1.54, 1.807) is 6.07 Å². The molecule has 0 saturated carbocycles. The summed E-state index contributed by atoms with van der Waals surface area (Å²) < 4.78 is 4.97. The smallest absolute Gasteiger partial charge is 0.182 e. The highest BCUT2D eigenvalue weighted by Crippen LogP contribution is 2.31. The molecule has 1 heterocycles. The molecule has 1 aromatic carbocycles. The van der Waals surface area contributed by atoms with Crippen LogP contribution in [0.1, 0.15) is 38.3 Å². The van der Waals surface area contributed by atoms with Crippen molar-refractivity contribution in [2.45, 2.75) is 32.5 Å². The third kappa shape index (κ3) is 2.21. The summed E-state index contributed by atoms with van der Waals surface area (Å²) in [4.78, 5) is 3.35. The second kappa shape index (κ2) is 4.30. The number of rotatable bonds is 2. The van der Waals surface area contributed by atoms with E-state index in [1.165, 1.54) is 7.11 Å². The molecular formula is C14H20N2O2. The molecule has 98 valence electrons. The number of ether oxygens (including phenoxy) is 1. The van der Waals surface area contributed by atoms with Crippen molar-refractivity contribution in [3.63, 3.8) is 0 Å². The van der Waals surface area contributed by atoms with Gasteiger partial charge in [0.2, 0.25) is 0 Å². The van der Waals surface area contributed by atoms with Crippen molar-refractivity contribution < 1.29 is 9.84 Å². The van der Waals surface area contributed by atoms with Gasteiger partial charge in [-0.1, -0.05) is 20.8 Å². The van der Waals surface area contributed by atoms with Crippen LogP contribution in [0.25, 0.3) is 10.9 Å². The summed E-state index contributed by atoms with van der Waals surface area (Å²) in [6.07, 6.45) is -0.970. The Bertz CT molecular complexity index is 567. The molecule has 1 aromatic heterocycles. The molecule has 0 bridgehead atoms. The zero-order chi connectivity index (χ0) is 13.5. The first-order valence-corrected chi connectivity index (χ1v) is 5.96. The largest absolute Gasteiger partial charge is 0.399 e. The minimum atomic E-state index is -0.970. The number of hydrogen-bond acceptors (Lipinski definition) is 3. The maximum atomic E-state index is 9.87. The van der Waals surface area contributed by atoms with Crippen molar-refractivity contribution in [2.24, 2.45) is 0 Å². The molecule has 18 heavy (non-hydrogen) atoms. The Kier molecular flexibility index (Phi) is 3.09. The quantitative estimate of drug-likeness (QED) is 0.565. The van der Waals surface area contributed by atoms with Gasteiger partial charge in [0.05, 0.1) is 5.52 Å². The molecule has 0 aliphatic heterocycles. The molecule has 0 spiro atoms. The average Bonchev–Trinajstić information content (AvgIpc) is 2.70. The molecule has 0 fully saturated rings. The van der Waals surface area contributed by atoms with Crippen molar-refractivity contribution >= 4 is 16.6 Å². The number of hydrogen-bond donors (Lipinski definition) is 3. The van der Waals surface area contributed by atoms with Crippen molar-refractivity contribution in [1.29, 1.82) is 0 Å². The summed E-state index contributed by atoms with van der Waals surface area (Å²) in [5.41, 5.74) is 9.14. The van der Waals surface area contributed by atoms with Crippen LogP contribution in [0, 0.1) is 0 Å². The number of aliphatic hydroxyl groups excluding tert-OH is 1. The number of aliphatic hydroxyl groups is 1. The Balaban J connectivity index is 2.68. The zero-order valence-electron chi connectivity index (χ0n) is 11.2. The van der Waals surface area contributed by atoms with E-state index in [2.05, 4.69) is 31.8 Å². The summed E-state index contributed by atoms with van der Waals surface area (Å²) in [7, 11) is 1.47. The number of benzene rings is 1. The number of methoxy groups -OCH3 is 1. The normalized spacial score (nSPS) is 14.1. The van der Waals surface area contributed by atoms with Crippen LogP contribution in [0.15, 0.2) is 18.2 Å². The summed E-state index contributed by atoms with van der Waals surface area (Å²) >= 11 is 0. The number of anilines is 1. The maximum Gasteiger partial charge on any atom is 0.182 e. The van der Waals surface area contributed by atoms with Crippen LogP contribution in [0.3, 0.4) is 0 Å². The number of nitrogens with one attached hydrogen (secondary N) is 1.